The Kier molecular flexibility index (Phi) is 5.17. The molecule has 0 aliphatic heterocycles. The Labute approximate surface area is 104 Å². The third-order valence-corrected chi connectivity index (χ3v) is 2.69. The van der Waals surface area contributed by atoms with E-state index >= 15 is 0 Å². The van der Waals surface area contributed by atoms with Gasteiger partial charge in [0.2, 0.25) is 0 Å². The monoisotopic (exact) mass is 230 g/mol. The van der Waals surface area contributed by atoms with Gasteiger partial charge in [-0.3, -0.25) is 0 Å². The minimum absolute atomic E-state index is 0.0481. The van der Waals surface area contributed by atoms with E-state index in [2.05, 4.69) is 18.2 Å². The maximum atomic E-state index is 9.83. The SMILES string of the molecule is CC(C)(C)C(O)C/C=C/C=C/c1ccccc1. The number of allylic oxidation sites excluding steroid dienone is 2. The number of aliphatic hydroxyl groups excluding tert-OH is 1. The van der Waals surface area contributed by atoms with Gasteiger partial charge >= 0.3 is 0 Å². The first kappa shape index (κ1) is 13.7. The van der Waals surface area contributed by atoms with Crippen LogP contribution in [0.25, 0.3) is 6.08 Å². The lowest BCUT2D eigenvalue weighted by molar-refractivity contribution is 0.0659. The summed E-state index contributed by atoms with van der Waals surface area (Å²) < 4.78 is 0. The summed E-state index contributed by atoms with van der Waals surface area (Å²) in [6.45, 7) is 6.14. The van der Waals surface area contributed by atoms with Crippen LogP contribution < -0.4 is 0 Å². The van der Waals surface area contributed by atoms with Crippen molar-refractivity contribution >= 4 is 6.08 Å². The highest BCUT2D eigenvalue weighted by Gasteiger charge is 2.20. The fourth-order valence-corrected chi connectivity index (χ4v) is 1.37. The lowest BCUT2D eigenvalue weighted by Gasteiger charge is -2.24. The Morgan fingerprint density at radius 2 is 1.76 bits per heavy atom. The molecule has 0 bridgehead atoms. The zero-order chi connectivity index (χ0) is 12.7. The van der Waals surface area contributed by atoms with Crippen LogP contribution in [-0.4, -0.2) is 11.2 Å². The summed E-state index contributed by atoms with van der Waals surface area (Å²) in [5, 5.41) is 9.83. The summed E-state index contributed by atoms with van der Waals surface area (Å²) in [6.07, 6.45) is 8.47. The van der Waals surface area contributed by atoms with Crippen molar-refractivity contribution in [2.24, 2.45) is 5.41 Å². The molecule has 1 nitrogen and oxygen atoms in total. The predicted octanol–water partition coefficient (Wildman–Crippen LogP) is 4.05. The Morgan fingerprint density at radius 1 is 1.12 bits per heavy atom. The molecule has 17 heavy (non-hydrogen) atoms. The highest BCUT2D eigenvalue weighted by molar-refractivity contribution is 5.50. The molecule has 0 spiro atoms. The molecule has 92 valence electrons. The Morgan fingerprint density at radius 3 is 2.35 bits per heavy atom. The summed E-state index contributed by atoms with van der Waals surface area (Å²) >= 11 is 0. The van der Waals surface area contributed by atoms with Crippen LogP contribution >= 0.6 is 0 Å². The standard InChI is InChI=1S/C16H22O/c1-16(2,3)15(17)13-9-5-8-12-14-10-6-4-7-11-14/h4-12,15,17H,13H2,1-3H3/b9-5+,12-8+. The topological polar surface area (TPSA) is 20.2 Å². The molecule has 0 fully saturated rings. The summed E-state index contributed by atoms with van der Waals surface area (Å²) in [4.78, 5) is 0. The normalized spacial score (nSPS) is 14.6. The number of rotatable bonds is 4. The molecule has 0 aliphatic carbocycles. The van der Waals surface area contributed by atoms with Gasteiger partial charge in [-0.2, -0.15) is 0 Å². The summed E-state index contributed by atoms with van der Waals surface area (Å²) in [6, 6.07) is 10.2. The van der Waals surface area contributed by atoms with E-state index in [1.54, 1.807) is 0 Å². The van der Waals surface area contributed by atoms with Crippen LogP contribution in [0.15, 0.2) is 48.6 Å². The number of hydrogen-bond donors (Lipinski definition) is 1. The highest BCUT2D eigenvalue weighted by Crippen LogP contribution is 2.21. The van der Waals surface area contributed by atoms with E-state index in [9.17, 15) is 5.11 Å². The molecule has 1 rings (SSSR count). The smallest absolute Gasteiger partial charge is 0.0622 e. The molecule has 0 aliphatic rings. The third kappa shape index (κ3) is 5.50. The van der Waals surface area contributed by atoms with E-state index in [-0.39, 0.29) is 11.5 Å². The molecule has 1 heteroatoms. The van der Waals surface area contributed by atoms with Crippen molar-refractivity contribution in [3.05, 3.63) is 54.1 Å². The fourth-order valence-electron chi connectivity index (χ4n) is 1.37. The maximum absolute atomic E-state index is 9.83. The lowest BCUT2D eigenvalue weighted by atomic mass is 9.87. The zero-order valence-electron chi connectivity index (χ0n) is 10.9. The van der Waals surface area contributed by atoms with Crippen LogP contribution in [0.2, 0.25) is 0 Å². The number of aliphatic hydroxyl groups is 1. The van der Waals surface area contributed by atoms with Gasteiger partial charge < -0.3 is 5.11 Å². The third-order valence-electron chi connectivity index (χ3n) is 2.69. The van der Waals surface area contributed by atoms with Gasteiger partial charge in [0.25, 0.3) is 0 Å². The van der Waals surface area contributed by atoms with E-state index in [4.69, 9.17) is 0 Å². The minimum Gasteiger partial charge on any atom is -0.392 e. The molecule has 1 aromatic rings. The first-order valence-electron chi connectivity index (χ1n) is 6.06. The van der Waals surface area contributed by atoms with Gasteiger partial charge in [0, 0.05) is 0 Å². The van der Waals surface area contributed by atoms with Crippen molar-refractivity contribution in [1.82, 2.24) is 0 Å². The van der Waals surface area contributed by atoms with Crippen molar-refractivity contribution in [1.29, 1.82) is 0 Å². The first-order chi connectivity index (χ1) is 8.00. The van der Waals surface area contributed by atoms with Crippen molar-refractivity contribution in [3.63, 3.8) is 0 Å². The predicted molar refractivity (Wildman–Crippen MR) is 74.7 cm³/mol. The van der Waals surface area contributed by atoms with Crippen molar-refractivity contribution in [3.8, 4) is 0 Å². The van der Waals surface area contributed by atoms with Gasteiger partial charge in [-0.1, -0.05) is 75.4 Å². The minimum atomic E-state index is -0.288. The largest absolute Gasteiger partial charge is 0.392 e. The molecule has 0 amide bonds. The highest BCUT2D eigenvalue weighted by atomic mass is 16.3. The lowest BCUT2D eigenvalue weighted by Crippen LogP contribution is -2.24. The van der Waals surface area contributed by atoms with E-state index in [1.807, 2.05) is 57.2 Å². The molecular weight excluding hydrogens is 208 g/mol. The van der Waals surface area contributed by atoms with Gasteiger partial charge in [0.1, 0.15) is 0 Å². The van der Waals surface area contributed by atoms with E-state index in [0.29, 0.717) is 6.42 Å². The van der Waals surface area contributed by atoms with E-state index < -0.39 is 0 Å². The molecule has 0 saturated heterocycles. The quantitative estimate of drug-likeness (QED) is 0.774. The molecule has 1 aromatic carbocycles. The molecule has 1 N–H and O–H groups in total. The first-order valence-corrected chi connectivity index (χ1v) is 6.06. The zero-order valence-corrected chi connectivity index (χ0v) is 10.9. The molecular formula is C16H22O. The second-order valence-electron chi connectivity index (χ2n) is 5.32. The Balaban J connectivity index is 2.39. The van der Waals surface area contributed by atoms with Crippen LogP contribution in [0.5, 0.6) is 0 Å². The van der Waals surface area contributed by atoms with Gasteiger partial charge in [-0.05, 0) is 17.4 Å². The van der Waals surface area contributed by atoms with Crippen LogP contribution in [0, 0.1) is 5.41 Å². The van der Waals surface area contributed by atoms with Crippen molar-refractivity contribution < 1.29 is 5.11 Å². The van der Waals surface area contributed by atoms with Crippen LogP contribution in [0.1, 0.15) is 32.8 Å². The Bertz CT molecular complexity index is 368. The number of benzene rings is 1. The van der Waals surface area contributed by atoms with Gasteiger partial charge in [0.15, 0.2) is 0 Å². The summed E-state index contributed by atoms with van der Waals surface area (Å²) in [5.41, 5.74) is 1.14. The van der Waals surface area contributed by atoms with E-state index in [0.717, 1.165) is 0 Å². The van der Waals surface area contributed by atoms with Gasteiger partial charge in [-0.15, -0.1) is 0 Å². The average molecular weight is 230 g/mol. The molecule has 1 atom stereocenters. The van der Waals surface area contributed by atoms with Crippen molar-refractivity contribution in [2.45, 2.75) is 33.3 Å². The molecule has 0 heterocycles. The summed E-state index contributed by atoms with van der Waals surface area (Å²) in [7, 11) is 0. The fraction of sp³-hybridized carbons (Fsp3) is 0.375. The molecule has 0 saturated carbocycles. The average Bonchev–Trinajstić information content (AvgIpc) is 2.28. The Hall–Kier alpha value is -1.34. The summed E-state index contributed by atoms with van der Waals surface area (Å²) in [5.74, 6) is 0. The van der Waals surface area contributed by atoms with E-state index in [1.165, 1.54) is 5.56 Å². The van der Waals surface area contributed by atoms with Crippen LogP contribution in [0.3, 0.4) is 0 Å². The van der Waals surface area contributed by atoms with Gasteiger partial charge in [0.05, 0.1) is 6.10 Å². The van der Waals surface area contributed by atoms with Crippen LogP contribution in [-0.2, 0) is 0 Å². The van der Waals surface area contributed by atoms with Gasteiger partial charge in [-0.25, -0.2) is 0 Å². The number of hydrogen-bond acceptors (Lipinski definition) is 1. The molecule has 0 aromatic heterocycles. The molecule has 0 radical (unpaired) electrons. The molecule has 1 unspecified atom stereocenters. The maximum Gasteiger partial charge on any atom is 0.0622 e. The van der Waals surface area contributed by atoms with Crippen LogP contribution in [0.4, 0.5) is 0 Å². The van der Waals surface area contributed by atoms with Crippen molar-refractivity contribution in [2.75, 3.05) is 0 Å². The second kappa shape index (κ2) is 6.41. The second-order valence-corrected chi connectivity index (χ2v) is 5.32.